The molecule has 0 heterocycles. The van der Waals surface area contributed by atoms with Crippen molar-refractivity contribution in [2.45, 2.75) is 25.7 Å². The highest BCUT2D eigenvalue weighted by Crippen LogP contribution is 2.34. The first-order chi connectivity index (χ1) is 6.70. The van der Waals surface area contributed by atoms with Crippen LogP contribution in [0.5, 0.6) is 5.75 Å². The molecule has 1 aliphatic rings. The highest BCUT2D eigenvalue weighted by molar-refractivity contribution is 5.55. The fourth-order valence-electron chi connectivity index (χ4n) is 1.99. The Morgan fingerprint density at radius 2 is 1.93 bits per heavy atom. The zero-order chi connectivity index (χ0) is 10.1. The van der Waals surface area contributed by atoms with Crippen molar-refractivity contribution in [1.82, 2.24) is 0 Å². The molecule has 0 amide bonds. The smallest absolute Gasteiger partial charge is 0.265 e. The van der Waals surface area contributed by atoms with Gasteiger partial charge >= 0.3 is 0 Å². The van der Waals surface area contributed by atoms with E-state index in [9.17, 15) is 15.2 Å². The van der Waals surface area contributed by atoms with Crippen molar-refractivity contribution < 1.29 is 10.0 Å². The topological polar surface area (TPSA) is 66.2 Å². The fourth-order valence-corrected chi connectivity index (χ4v) is 1.99. The van der Waals surface area contributed by atoms with Crippen LogP contribution in [0, 0.1) is 10.1 Å². The Morgan fingerprint density at radius 1 is 1.21 bits per heavy atom. The number of nitro benzene ring substituents is 1. The Morgan fingerprint density at radius 3 is 2.64 bits per heavy atom. The normalized spacial score (nSPS) is 14.9. The maximum absolute atomic E-state index is 11.3. The Bertz CT molecular complexity index is 387. The molecule has 1 aromatic carbocycles. The van der Waals surface area contributed by atoms with Crippen LogP contribution in [0.4, 0.5) is 5.69 Å². The summed E-state index contributed by atoms with van der Waals surface area (Å²) in [6.45, 7) is 0. The van der Waals surface area contributed by atoms with Gasteiger partial charge in [0, 0.05) is 5.56 Å². The van der Waals surface area contributed by atoms with Crippen molar-refractivity contribution in [1.29, 1.82) is 0 Å². The first-order valence-corrected chi connectivity index (χ1v) is 4.66. The van der Waals surface area contributed by atoms with E-state index in [1.54, 1.807) is 6.07 Å². The van der Waals surface area contributed by atoms with Crippen molar-refractivity contribution >= 4 is 5.69 Å². The number of aryl methyl sites for hydroxylation is 1. The van der Waals surface area contributed by atoms with Crippen LogP contribution >= 0.6 is 0 Å². The second-order valence-corrected chi connectivity index (χ2v) is 3.51. The summed E-state index contributed by atoms with van der Waals surface area (Å²) in [6.07, 6.45) is 3.53. The molecule has 4 heteroatoms. The molecule has 1 aromatic rings. The van der Waals surface area contributed by atoms with E-state index in [1.807, 2.05) is 0 Å². The number of fused-ring (bicyclic) bond motifs is 1. The highest BCUT2D eigenvalue weighted by atomic mass is 16.6. The van der Waals surface area contributed by atoms with Crippen molar-refractivity contribution in [3.63, 3.8) is 0 Å². The quantitative estimate of drug-likeness (QED) is 0.500. The number of benzene rings is 1. The third-order valence-corrected chi connectivity index (χ3v) is 2.65. The first-order valence-electron chi connectivity index (χ1n) is 4.66. The van der Waals surface area contributed by atoms with Gasteiger partial charge in [0.15, 0.2) is 0 Å². The van der Waals surface area contributed by atoms with Gasteiger partial charge in [-0.2, -0.15) is 0 Å². The van der Waals surface area contributed by atoms with Crippen molar-refractivity contribution in [2.75, 3.05) is 0 Å². The monoisotopic (exact) mass is 192 g/mol. The van der Waals surface area contributed by atoms with Gasteiger partial charge in [0.2, 0.25) is 0 Å². The Kier molecular flexibility index (Phi) is 2.11. The summed E-state index contributed by atoms with van der Waals surface area (Å²) in [5, 5.41) is 22.0. The third-order valence-electron chi connectivity index (χ3n) is 2.65. The molecule has 74 valence electrons. The van der Waals surface area contributed by atoms with Crippen molar-refractivity contribution in [2.24, 2.45) is 0 Å². The molecule has 0 aromatic heterocycles. The first kappa shape index (κ1) is 8.99. The molecule has 0 saturated carbocycles. The molecule has 0 bridgehead atoms. The predicted molar refractivity (Wildman–Crippen MR) is 49.2 cm³/mol. The van der Waals surface area contributed by atoms with E-state index in [4.69, 9.17) is 0 Å². The summed E-state index contributed by atoms with van der Waals surface area (Å²) >= 11 is 0. The lowest BCUT2D eigenvalue weighted by Gasteiger charge is -2.18. The number of nitrogens with zero attached hydrogens (tertiary/aromatic N) is 1. The van der Waals surface area contributed by atoms with Gasteiger partial charge in [-0.15, -0.1) is 0 Å². The number of nitro groups is 1. The van der Waals surface area contributed by atoms with Gasteiger partial charge in [-0.25, -0.2) is 0 Å². The van der Waals surface area contributed by atoms with E-state index < -0.39 is 10.7 Å². The van der Waals surface area contributed by atoms with Crippen LogP contribution in [0.2, 0.25) is 0 Å². The molecular weight excluding hydrogens is 182 g/mol. The minimum Gasteiger partial charge on any atom is -0.868 e. The van der Waals surface area contributed by atoms with Crippen LogP contribution in [0.25, 0.3) is 0 Å². The molecule has 14 heavy (non-hydrogen) atoms. The zero-order valence-electron chi connectivity index (χ0n) is 7.66. The minimum absolute atomic E-state index is 0.206. The molecule has 1 aliphatic carbocycles. The maximum Gasteiger partial charge on any atom is 0.265 e. The van der Waals surface area contributed by atoms with E-state index >= 15 is 0 Å². The summed E-state index contributed by atoms with van der Waals surface area (Å²) in [7, 11) is 0. The van der Waals surface area contributed by atoms with Gasteiger partial charge in [-0.1, -0.05) is 12.1 Å². The Labute approximate surface area is 81.3 Å². The largest absolute Gasteiger partial charge is 0.868 e. The number of rotatable bonds is 1. The standard InChI is InChI=1S/C10H11NO3/c12-9-6-5-7-3-1-2-4-8(7)10(9)11(13)14/h5-6,12H,1-4H2/p-1. The third kappa shape index (κ3) is 1.32. The molecule has 0 unspecified atom stereocenters. The van der Waals surface area contributed by atoms with Gasteiger partial charge in [-0.3, -0.25) is 10.1 Å². The van der Waals surface area contributed by atoms with Crippen molar-refractivity contribution in [3.8, 4) is 5.75 Å². The van der Waals surface area contributed by atoms with Crippen LogP contribution in [-0.4, -0.2) is 4.92 Å². The molecule has 0 atom stereocenters. The molecule has 0 aliphatic heterocycles. The lowest BCUT2D eigenvalue weighted by atomic mass is 9.90. The van der Waals surface area contributed by atoms with Gasteiger partial charge in [0.25, 0.3) is 5.69 Å². The molecule has 0 saturated heterocycles. The van der Waals surface area contributed by atoms with Crippen LogP contribution in [0.1, 0.15) is 24.0 Å². The summed E-state index contributed by atoms with van der Waals surface area (Å²) in [4.78, 5) is 10.2. The summed E-state index contributed by atoms with van der Waals surface area (Å²) in [5.41, 5.74) is 1.43. The Hall–Kier alpha value is -1.58. The summed E-state index contributed by atoms with van der Waals surface area (Å²) in [5.74, 6) is -0.462. The van der Waals surface area contributed by atoms with Crippen molar-refractivity contribution in [3.05, 3.63) is 33.4 Å². The second kappa shape index (κ2) is 3.29. The van der Waals surface area contributed by atoms with E-state index in [2.05, 4.69) is 0 Å². The molecule has 4 nitrogen and oxygen atoms in total. The SMILES string of the molecule is O=[N+]([O-])c1c([O-])ccc2c1CCCC2. The van der Waals surface area contributed by atoms with E-state index in [-0.39, 0.29) is 5.69 Å². The zero-order valence-corrected chi connectivity index (χ0v) is 7.66. The average Bonchev–Trinajstić information content (AvgIpc) is 2.17. The fraction of sp³-hybridized carbons (Fsp3) is 0.400. The van der Waals surface area contributed by atoms with E-state index in [0.29, 0.717) is 12.0 Å². The lowest BCUT2D eigenvalue weighted by Crippen LogP contribution is -2.09. The van der Waals surface area contributed by atoms with E-state index in [1.165, 1.54) is 6.07 Å². The van der Waals surface area contributed by atoms with Gasteiger partial charge < -0.3 is 5.11 Å². The van der Waals surface area contributed by atoms with Crippen LogP contribution in [-0.2, 0) is 12.8 Å². The molecule has 2 rings (SSSR count). The highest BCUT2D eigenvalue weighted by Gasteiger charge is 2.20. The number of hydrogen-bond donors (Lipinski definition) is 0. The lowest BCUT2D eigenvalue weighted by molar-refractivity contribution is -0.399. The molecule has 0 N–H and O–H groups in total. The van der Waals surface area contributed by atoms with Gasteiger partial charge in [0.1, 0.15) is 0 Å². The molecular formula is C10H10NO3-. The molecule has 0 fully saturated rings. The Balaban J connectivity index is 2.60. The van der Waals surface area contributed by atoms with Gasteiger partial charge in [-0.05, 0) is 37.0 Å². The van der Waals surface area contributed by atoms with E-state index in [0.717, 1.165) is 24.8 Å². The van der Waals surface area contributed by atoms with Crippen LogP contribution in [0.15, 0.2) is 12.1 Å². The predicted octanol–water partition coefficient (Wildman–Crippen LogP) is 1.55. The summed E-state index contributed by atoms with van der Waals surface area (Å²) < 4.78 is 0. The molecule has 0 spiro atoms. The van der Waals surface area contributed by atoms with Crippen LogP contribution < -0.4 is 5.11 Å². The number of hydrogen-bond acceptors (Lipinski definition) is 3. The maximum atomic E-state index is 11.3. The van der Waals surface area contributed by atoms with Crippen LogP contribution in [0.3, 0.4) is 0 Å². The average molecular weight is 192 g/mol. The minimum atomic E-state index is -0.549. The second-order valence-electron chi connectivity index (χ2n) is 3.51. The molecule has 0 radical (unpaired) electrons. The summed E-state index contributed by atoms with van der Waals surface area (Å²) in [6, 6.07) is 3.03. The van der Waals surface area contributed by atoms with Gasteiger partial charge in [0.05, 0.1) is 4.92 Å².